The van der Waals surface area contributed by atoms with Gasteiger partial charge in [-0.3, -0.25) is 88.4 Å². The van der Waals surface area contributed by atoms with E-state index in [1.807, 2.05) is 5.32 Å². The summed E-state index contributed by atoms with van der Waals surface area (Å²) in [4.78, 5) is 157. The molecule has 0 saturated heterocycles. The molecule has 35 heteroatoms. The van der Waals surface area contributed by atoms with E-state index >= 15 is 0 Å². The molecule has 92 heavy (non-hydrogen) atoms. The normalized spacial score (nSPS) is 13.4. The first-order chi connectivity index (χ1) is 41.7. The number of terminal acetylenes is 1. The Morgan fingerprint density at radius 3 is 1.17 bits per heavy atom. The van der Waals surface area contributed by atoms with Gasteiger partial charge in [-0.25, -0.2) is 26.6 Å². The van der Waals surface area contributed by atoms with E-state index in [0.29, 0.717) is 38.5 Å². The number of nitro benzene ring substituents is 1. The second-order valence-electron chi connectivity index (χ2n) is 18.0. The standard InChI is InChI=1S/C13H12N2O5S.C11H10N2O4S.C8H4N2O4.2C8H6N2O2.C4H6O3.C3H3O2S.2CH4.H2/c1-8(16)14-10-5-3-4-9-11(10)13(18)15(12(9)17)6-7-21(2,19)20;1-18(16,17)6-5-13-10(14)7-3-2-4-8(12)9(7)11(13)15;11-7-4-2-1-3-5(10(13)14)6(4)8(12)9-7;2*9-5-3-1-2-4-6(5)8(12)10-7(4)11;1-3(5)7-4(2)6;1-3-6(2,4)5;;;/h3-7H,1-2H3,(H,14,16);2-6H,12H2,1H3;1-3H,(H,9,11,12);2*1-3H,9H2,(H,10,11,12);1-2H3;1H,2H2;2*1H4;1H/q;;;;;;+1;;;/b7-6+;6-5+;;;;;;;;. The zero-order chi connectivity index (χ0) is 68.1. The van der Waals surface area contributed by atoms with Crippen molar-refractivity contribution in [1.29, 1.82) is 0 Å². The SMILES string of the molecule is C.C.C#CS([CH2+])(=O)=O.CC(=O)Nc1cccc2c1C(=O)N(/C=C/S(C)(=O)=O)C2=O.CC(=O)OC(C)=O.CS(=O)(=O)/C=C/N1C(=O)c2cccc(N)c2C1=O.Nc1cccc2c1C(=O)NC2=O.Nc1cccc2c1C(=O)NC2=O.O=C1NC(=O)c2c1cccc2[N+](=O)[O-].[HH]. The van der Waals surface area contributed by atoms with Gasteiger partial charge in [-0.2, -0.15) is 8.42 Å². The van der Waals surface area contributed by atoms with Gasteiger partial charge in [0.15, 0.2) is 25.9 Å². The summed E-state index contributed by atoms with van der Waals surface area (Å²) in [6, 6.07) is 22.6. The van der Waals surface area contributed by atoms with Crippen molar-refractivity contribution in [2.75, 3.05) is 35.0 Å². The molecule has 5 aromatic rings. The van der Waals surface area contributed by atoms with Crippen LogP contribution in [-0.2, 0) is 48.6 Å². The van der Waals surface area contributed by atoms with E-state index in [2.05, 4.69) is 33.4 Å². The van der Waals surface area contributed by atoms with Gasteiger partial charge in [-0.05, 0) is 54.6 Å². The van der Waals surface area contributed by atoms with Crippen LogP contribution >= 0.6 is 0 Å². The van der Waals surface area contributed by atoms with Gasteiger partial charge in [0.25, 0.3) is 64.8 Å². The van der Waals surface area contributed by atoms with Gasteiger partial charge < -0.3 is 27.3 Å². The molecule has 0 radical (unpaired) electrons. The molecule has 5 aliphatic rings. The molecular weight excluding hydrogens is 1270 g/mol. The van der Waals surface area contributed by atoms with Gasteiger partial charge in [0, 0.05) is 81.1 Å². The van der Waals surface area contributed by atoms with Crippen LogP contribution in [0, 0.1) is 28.0 Å². The zero-order valence-electron chi connectivity index (χ0n) is 47.0. The molecule has 0 aromatic heterocycles. The van der Waals surface area contributed by atoms with Gasteiger partial charge >= 0.3 is 21.8 Å². The van der Waals surface area contributed by atoms with Crippen LogP contribution in [0.1, 0.15) is 141 Å². The summed E-state index contributed by atoms with van der Waals surface area (Å²) in [6.07, 6.45) is 10.8. The second kappa shape index (κ2) is 31.2. The van der Waals surface area contributed by atoms with Crippen molar-refractivity contribution in [1.82, 2.24) is 25.8 Å². The number of anilines is 4. The zero-order valence-corrected chi connectivity index (χ0v) is 49.5. The highest BCUT2D eigenvalue weighted by atomic mass is 32.2. The van der Waals surface area contributed by atoms with E-state index in [-0.39, 0.29) is 84.4 Å². The molecule has 0 aliphatic carbocycles. The van der Waals surface area contributed by atoms with E-state index in [0.717, 1.165) is 40.6 Å². The van der Waals surface area contributed by atoms with Gasteiger partial charge in [-0.15, -0.1) is 0 Å². The largest absolute Gasteiger partial charge is 0.398 e. The average Bonchev–Trinajstić information content (AvgIpc) is 1.66. The summed E-state index contributed by atoms with van der Waals surface area (Å²) in [5, 5.41) is 22.4. The summed E-state index contributed by atoms with van der Waals surface area (Å²) >= 11 is 0. The molecule has 0 bridgehead atoms. The van der Waals surface area contributed by atoms with Crippen LogP contribution in [0.3, 0.4) is 0 Å². The van der Waals surface area contributed by atoms with Crippen LogP contribution in [0.15, 0.2) is 114 Å². The Balaban J connectivity index is 0.000000557. The summed E-state index contributed by atoms with van der Waals surface area (Å²) in [5.74, 6) is -6.89. The van der Waals surface area contributed by atoms with E-state index in [1.54, 1.807) is 42.5 Å². The summed E-state index contributed by atoms with van der Waals surface area (Å²) in [5.41, 5.74) is 19.1. The van der Waals surface area contributed by atoms with E-state index in [1.165, 1.54) is 74.6 Å². The van der Waals surface area contributed by atoms with Crippen LogP contribution < -0.4 is 38.5 Å². The number of esters is 2. The number of ether oxygens (including phenoxy) is 1. The molecule has 5 aliphatic heterocycles. The summed E-state index contributed by atoms with van der Waals surface area (Å²) in [7, 11) is -10.3. The van der Waals surface area contributed by atoms with Crippen LogP contribution in [0.4, 0.5) is 28.4 Å². The number of sulfone groups is 3. The van der Waals surface area contributed by atoms with Crippen LogP contribution in [0.5, 0.6) is 0 Å². The summed E-state index contributed by atoms with van der Waals surface area (Å²) < 4.78 is 67.4. The first-order valence-corrected chi connectivity index (χ1v) is 29.9. The smallest absolute Gasteiger partial charge is 0.359 e. The van der Waals surface area contributed by atoms with Crippen LogP contribution in [-0.4, -0.2) is 129 Å². The maximum Gasteiger partial charge on any atom is 0.359 e. The Labute approximate surface area is 525 Å². The number of nitrogens with one attached hydrogen (secondary N) is 4. The highest BCUT2D eigenvalue weighted by Crippen LogP contribution is 2.31. The Hall–Kier alpha value is -12.0. The minimum absolute atomic E-state index is 0. The van der Waals surface area contributed by atoms with Gasteiger partial charge in [-0.1, -0.05) is 51.6 Å². The first kappa shape index (κ1) is 76.1. The molecule has 32 nitrogen and oxygen atoms in total. The fraction of sp³-hybridized carbons (Fsp3) is 0.123. The lowest BCUT2D eigenvalue weighted by atomic mass is 10.1. The molecule has 0 unspecified atom stereocenters. The maximum atomic E-state index is 12.2. The molecule has 0 fully saturated rings. The highest BCUT2D eigenvalue weighted by molar-refractivity contribution is 7.97. The van der Waals surface area contributed by atoms with Crippen LogP contribution in [0.2, 0.25) is 0 Å². The lowest BCUT2D eigenvalue weighted by molar-refractivity contribution is -0.385. The molecular formula is C57H57N10O22S3+. The Kier molecular flexibility index (Phi) is 25.8. The molecule has 5 heterocycles. The number of rotatable bonds is 6. The van der Waals surface area contributed by atoms with Crippen molar-refractivity contribution in [2.45, 2.75) is 35.6 Å². The van der Waals surface area contributed by atoms with E-state index in [9.17, 15) is 97.7 Å². The third kappa shape index (κ3) is 19.7. The number of nitro groups is 1. The molecule has 10 N–H and O–H groups in total. The Morgan fingerprint density at radius 2 is 0.859 bits per heavy atom. The van der Waals surface area contributed by atoms with Crippen molar-refractivity contribution in [3.05, 3.63) is 186 Å². The number of carbonyl (C=O) groups is 13. The predicted octanol–water partition coefficient (Wildman–Crippen LogP) is 3.32. The minimum Gasteiger partial charge on any atom is -0.398 e. The number of nitrogen functional groups attached to an aromatic ring is 3. The third-order valence-corrected chi connectivity index (χ3v) is 12.7. The molecule has 10 rings (SSSR count). The van der Waals surface area contributed by atoms with Crippen LogP contribution in [0.25, 0.3) is 0 Å². The fourth-order valence-corrected chi connectivity index (χ4v) is 8.27. The number of hydrogen-bond donors (Lipinski definition) is 7. The number of fused-ring (bicyclic) bond motifs is 5. The number of benzene rings is 5. The van der Waals surface area contributed by atoms with E-state index in [4.69, 9.17) is 17.2 Å². The predicted molar refractivity (Wildman–Crippen MR) is 332 cm³/mol. The lowest BCUT2D eigenvalue weighted by Gasteiger charge is -2.07. The van der Waals surface area contributed by atoms with Crippen molar-refractivity contribution >= 4 is 135 Å². The van der Waals surface area contributed by atoms with Crippen molar-refractivity contribution in [3.8, 4) is 11.7 Å². The van der Waals surface area contributed by atoms with E-state index < -0.39 is 93.6 Å². The van der Waals surface area contributed by atoms with Crippen molar-refractivity contribution in [2.24, 2.45) is 0 Å². The quantitative estimate of drug-likeness (QED) is 0.0147. The van der Waals surface area contributed by atoms with Gasteiger partial charge in [0.2, 0.25) is 5.91 Å². The minimum atomic E-state index is -3.47. The molecule has 5 aromatic carbocycles. The maximum absolute atomic E-state index is 12.2. The molecule has 0 saturated carbocycles. The van der Waals surface area contributed by atoms with Crippen molar-refractivity contribution < 1.29 is 98.7 Å². The second-order valence-corrected chi connectivity index (χ2v) is 23.4. The first-order valence-electron chi connectivity index (χ1n) is 24.4. The Morgan fingerprint density at radius 1 is 0.543 bits per heavy atom. The molecule has 0 atom stereocenters. The summed E-state index contributed by atoms with van der Waals surface area (Å²) in [6.45, 7) is 3.64. The number of hydrogen-bond acceptors (Lipinski definition) is 25. The molecule has 11 amide bonds. The van der Waals surface area contributed by atoms with Crippen molar-refractivity contribution in [3.63, 3.8) is 0 Å². The fourth-order valence-electron chi connectivity index (χ4n) is 7.59. The monoisotopic (exact) mass is 1330 g/mol. The average molecular weight is 1330 g/mol. The number of nitrogens with two attached hydrogens (primary N) is 3. The molecule has 484 valence electrons. The lowest BCUT2D eigenvalue weighted by Crippen LogP contribution is -2.24. The topological polar surface area (TPSA) is 509 Å². The number of nitrogens with zero attached hydrogens (tertiary/aromatic N) is 3. The number of carbonyl (C=O) groups excluding carboxylic acids is 13. The number of imide groups is 5. The van der Waals surface area contributed by atoms with Gasteiger partial charge in [0.1, 0.15) is 5.56 Å². The van der Waals surface area contributed by atoms with Gasteiger partial charge in [0.05, 0.1) is 65.9 Å². The highest BCUT2D eigenvalue weighted by Gasteiger charge is 2.38. The molecule has 0 spiro atoms. The number of amides is 11. The Bertz CT molecular complexity index is 4360. The third-order valence-electron chi connectivity index (χ3n) is 11.1.